The van der Waals surface area contributed by atoms with Gasteiger partial charge in [0.15, 0.2) is 0 Å². The monoisotopic (exact) mass is 259 g/mol. The van der Waals surface area contributed by atoms with E-state index in [2.05, 4.69) is 22.5 Å². The van der Waals surface area contributed by atoms with Gasteiger partial charge >= 0.3 is 0 Å². The molecule has 100 valence electrons. The van der Waals surface area contributed by atoms with Gasteiger partial charge in [0.2, 0.25) is 0 Å². The number of aromatic nitrogens is 1. The van der Waals surface area contributed by atoms with Crippen LogP contribution in [0, 0.1) is 12.7 Å². The standard InChI is InChI=1S/C15H18FN3/c1-3-7-17-15-10-13(6-8-18-15)19-12-4-5-14(16)11(2)9-12/h4-6,8-10H,3,7H2,1-2H3,(H2,17,18,19). The number of aryl methyl sites for hydroxylation is 1. The molecule has 0 radical (unpaired) electrons. The number of hydrogen-bond donors (Lipinski definition) is 2. The van der Waals surface area contributed by atoms with Crippen LogP contribution < -0.4 is 10.6 Å². The van der Waals surface area contributed by atoms with Crippen LogP contribution in [0.4, 0.5) is 21.6 Å². The molecule has 0 bridgehead atoms. The highest BCUT2D eigenvalue weighted by molar-refractivity contribution is 5.62. The third kappa shape index (κ3) is 3.68. The molecule has 0 saturated heterocycles. The molecule has 0 amide bonds. The van der Waals surface area contributed by atoms with E-state index < -0.39 is 0 Å². The minimum absolute atomic E-state index is 0.189. The van der Waals surface area contributed by atoms with Gasteiger partial charge in [-0.2, -0.15) is 0 Å². The van der Waals surface area contributed by atoms with Gasteiger partial charge in [0.25, 0.3) is 0 Å². The van der Waals surface area contributed by atoms with Gasteiger partial charge in [-0.3, -0.25) is 0 Å². The Morgan fingerprint density at radius 3 is 2.68 bits per heavy atom. The second-order valence-corrected chi connectivity index (χ2v) is 4.45. The van der Waals surface area contributed by atoms with Crippen LogP contribution in [0.25, 0.3) is 0 Å². The summed E-state index contributed by atoms with van der Waals surface area (Å²) in [6, 6.07) is 8.80. The van der Waals surface area contributed by atoms with E-state index in [1.54, 1.807) is 25.3 Å². The molecule has 4 heteroatoms. The predicted octanol–water partition coefficient (Wildman–Crippen LogP) is 4.09. The van der Waals surface area contributed by atoms with Crippen molar-refractivity contribution >= 4 is 17.2 Å². The summed E-state index contributed by atoms with van der Waals surface area (Å²) in [5.74, 6) is 0.649. The molecular formula is C15H18FN3. The quantitative estimate of drug-likeness (QED) is 0.849. The Balaban J connectivity index is 2.11. The predicted molar refractivity (Wildman–Crippen MR) is 77.4 cm³/mol. The van der Waals surface area contributed by atoms with E-state index in [0.29, 0.717) is 5.56 Å². The first-order valence-electron chi connectivity index (χ1n) is 6.42. The van der Waals surface area contributed by atoms with Crippen molar-refractivity contribution in [3.8, 4) is 0 Å². The number of halogens is 1. The van der Waals surface area contributed by atoms with Crippen molar-refractivity contribution in [1.82, 2.24) is 4.98 Å². The smallest absolute Gasteiger partial charge is 0.127 e. The molecule has 0 aliphatic heterocycles. The van der Waals surface area contributed by atoms with E-state index >= 15 is 0 Å². The van der Waals surface area contributed by atoms with Crippen LogP contribution in [0.15, 0.2) is 36.5 Å². The maximum absolute atomic E-state index is 13.2. The highest BCUT2D eigenvalue weighted by atomic mass is 19.1. The van der Waals surface area contributed by atoms with Gasteiger partial charge in [0, 0.05) is 30.2 Å². The molecule has 0 fully saturated rings. The molecule has 0 aliphatic carbocycles. The van der Waals surface area contributed by atoms with Crippen molar-refractivity contribution in [2.45, 2.75) is 20.3 Å². The van der Waals surface area contributed by atoms with Crippen molar-refractivity contribution in [2.24, 2.45) is 0 Å². The van der Waals surface area contributed by atoms with Crippen LogP contribution in [0.2, 0.25) is 0 Å². The minimum Gasteiger partial charge on any atom is -0.370 e. The van der Waals surface area contributed by atoms with E-state index in [0.717, 1.165) is 30.2 Å². The van der Waals surface area contributed by atoms with Gasteiger partial charge in [-0.1, -0.05) is 6.92 Å². The number of hydrogen-bond acceptors (Lipinski definition) is 3. The average molecular weight is 259 g/mol. The lowest BCUT2D eigenvalue weighted by Crippen LogP contribution is -2.02. The Morgan fingerprint density at radius 1 is 1.16 bits per heavy atom. The van der Waals surface area contributed by atoms with E-state index in [9.17, 15) is 4.39 Å². The van der Waals surface area contributed by atoms with E-state index in [1.807, 2.05) is 12.1 Å². The largest absolute Gasteiger partial charge is 0.370 e. The third-order valence-corrected chi connectivity index (χ3v) is 2.76. The van der Waals surface area contributed by atoms with Crippen LogP contribution in [0.5, 0.6) is 0 Å². The average Bonchev–Trinajstić information content (AvgIpc) is 2.41. The van der Waals surface area contributed by atoms with Gasteiger partial charge in [-0.15, -0.1) is 0 Å². The second kappa shape index (κ2) is 6.18. The fraction of sp³-hybridized carbons (Fsp3) is 0.267. The van der Waals surface area contributed by atoms with Crippen molar-refractivity contribution in [2.75, 3.05) is 17.2 Å². The fourth-order valence-corrected chi connectivity index (χ4v) is 1.75. The van der Waals surface area contributed by atoms with Gasteiger partial charge in [0.05, 0.1) is 0 Å². The van der Waals surface area contributed by atoms with Crippen LogP contribution in [-0.4, -0.2) is 11.5 Å². The Bertz CT molecular complexity index is 555. The van der Waals surface area contributed by atoms with E-state index in [4.69, 9.17) is 0 Å². The molecule has 0 aliphatic rings. The van der Waals surface area contributed by atoms with Crippen molar-refractivity contribution in [1.29, 1.82) is 0 Å². The highest BCUT2D eigenvalue weighted by Gasteiger charge is 2.01. The lowest BCUT2D eigenvalue weighted by atomic mass is 10.2. The molecule has 2 N–H and O–H groups in total. The van der Waals surface area contributed by atoms with Crippen LogP contribution in [-0.2, 0) is 0 Å². The first-order valence-corrected chi connectivity index (χ1v) is 6.42. The van der Waals surface area contributed by atoms with Gasteiger partial charge in [-0.25, -0.2) is 9.37 Å². The van der Waals surface area contributed by atoms with Crippen molar-refractivity contribution in [3.05, 3.63) is 47.9 Å². The molecule has 1 aromatic heterocycles. The number of nitrogens with zero attached hydrogens (tertiary/aromatic N) is 1. The zero-order valence-electron chi connectivity index (χ0n) is 11.2. The number of nitrogens with one attached hydrogen (secondary N) is 2. The normalized spacial score (nSPS) is 10.3. The Morgan fingerprint density at radius 2 is 1.95 bits per heavy atom. The second-order valence-electron chi connectivity index (χ2n) is 4.45. The van der Waals surface area contributed by atoms with E-state index in [-0.39, 0.29) is 5.82 Å². The first kappa shape index (κ1) is 13.3. The summed E-state index contributed by atoms with van der Waals surface area (Å²) in [5.41, 5.74) is 2.43. The van der Waals surface area contributed by atoms with Gasteiger partial charge in [0.1, 0.15) is 11.6 Å². The zero-order chi connectivity index (χ0) is 13.7. The molecule has 2 aromatic rings. The minimum atomic E-state index is -0.189. The third-order valence-electron chi connectivity index (χ3n) is 2.76. The molecule has 2 rings (SSSR count). The summed E-state index contributed by atoms with van der Waals surface area (Å²) in [7, 11) is 0. The topological polar surface area (TPSA) is 37.0 Å². The maximum Gasteiger partial charge on any atom is 0.127 e. The van der Waals surface area contributed by atoms with Gasteiger partial charge in [-0.05, 0) is 43.2 Å². The lowest BCUT2D eigenvalue weighted by Gasteiger charge is -2.09. The Hall–Kier alpha value is -2.10. The summed E-state index contributed by atoms with van der Waals surface area (Å²) < 4.78 is 13.2. The summed E-state index contributed by atoms with van der Waals surface area (Å²) in [4.78, 5) is 4.24. The lowest BCUT2D eigenvalue weighted by molar-refractivity contribution is 0.619. The van der Waals surface area contributed by atoms with Crippen molar-refractivity contribution < 1.29 is 4.39 Å². The van der Waals surface area contributed by atoms with E-state index in [1.165, 1.54) is 6.07 Å². The SMILES string of the molecule is CCCNc1cc(Nc2ccc(F)c(C)c2)ccn1. The highest BCUT2D eigenvalue weighted by Crippen LogP contribution is 2.20. The molecule has 3 nitrogen and oxygen atoms in total. The van der Waals surface area contributed by atoms with Gasteiger partial charge < -0.3 is 10.6 Å². The van der Waals surface area contributed by atoms with Crippen LogP contribution >= 0.6 is 0 Å². The molecule has 0 saturated carbocycles. The van der Waals surface area contributed by atoms with Crippen LogP contribution in [0.1, 0.15) is 18.9 Å². The number of pyridine rings is 1. The summed E-state index contributed by atoms with van der Waals surface area (Å²) in [6.45, 7) is 4.75. The molecule has 0 atom stereocenters. The molecule has 0 spiro atoms. The molecule has 1 heterocycles. The molecular weight excluding hydrogens is 241 g/mol. The summed E-state index contributed by atoms with van der Waals surface area (Å²) >= 11 is 0. The van der Waals surface area contributed by atoms with Crippen molar-refractivity contribution in [3.63, 3.8) is 0 Å². The summed E-state index contributed by atoms with van der Waals surface area (Å²) in [6.07, 6.45) is 2.80. The van der Waals surface area contributed by atoms with Crippen LogP contribution in [0.3, 0.4) is 0 Å². The Labute approximate surface area is 112 Å². The fourth-order valence-electron chi connectivity index (χ4n) is 1.75. The number of rotatable bonds is 5. The Kier molecular flexibility index (Phi) is 4.34. The maximum atomic E-state index is 13.2. The summed E-state index contributed by atoms with van der Waals surface area (Å²) in [5, 5.41) is 6.47. The first-order chi connectivity index (χ1) is 9.19. The molecule has 19 heavy (non-hydrogen) atoms. The zero-order valence-corrected chi connectivity index (χ0v) is 11.2. The number of benzene rings is 1. The number of anilines is 3. The molecule has 0 unspecified atom stereocenters. The molecule has 1 aromatic carbocycles.